The third kappa shape index (κ3) is 2.68. The molecule has 0 aliphatic heterocycles. The molecule has 24 heavy (non-hydrogen) atoms. The van der Waals surface area contributed by atoms with Crippen LogP contribution in [0.25, 0.3) is 0 Å². The molecular weight excluding hydrogens is 304 g/mol. The molecule has 0 radical (unpaired) electrons. The summed E-state index contributed by atoms with van der Waals surface area (Å²) in [6.45, 7) is 9.67. The zero-order valence-electron chi connectivity index (χ0n) is 15.4. The highest BCUT2D eigenvalue weighted by Gasteiger charge is 2.58. The monoisotopic (exact) mass is 334 g/mol. The molecular formula is C20H30O4. The predicted octanol–water partition coefficient (Wildman–Crippen LogP) is 2.52. The number of Topliss-reactive ketones (excluding diaryl/α,β-unsaturated/α-hetero) is 2. The summed E-state index contributed by atoms with van der Waals surface area (Å²) in [5.41, 5.74) is -0.175. The van der Waals surface area contributed by atoms with Gasteiger partial charge in [0.1, 0.15) is 5.78 Å². The molecule has 134 valence electrons. The summed E-state index contributed by atoms with van der Waals surface area (Å²) >= 11 is 0. The van der Waals surface area contributed by atoms with Crippen LogP contribution in [0.15, 0.2) is 11.6 Å². The molecule has 7 unspecified atom stereocenters. The molecule has 0 aromatic rings. The van der Waals surface area contributed by atoms with Crippen molar-refractivity contribution >= 4 is 11.6 Å². The first kappa shape index (κ1) is 17.8. The number of fused-ring (bicyclic) bond motifs is 2. The molecule has 2 N–H and O–H groups in total. The summed E-state index contributed by atoms with van der Waals surface area (Å²) in [7, 11) is 0. The van der Waals surface area contributed by atoms with Crippen LogP contribution in [0.5, 0.6) is 0 Å². The van der Waals surface area contributed by atoms with Crippen LogP contribution in [-0.4, -0.2) is 33.5 Å². The Labute approximate surface area is 144 Å². The van der Waals surface area contributed by atoms with E-state index in [2.05, 4.69) is 13.8 Å². The van der Waals surface area contributed by atoms with Gasteiger partial charge in [0.25, 0.3) is 0 Å². The molecule has 0 bridgehead atoms. The van der Waals surface area contributed by atoms with Crippen molar-refractivity contribution in [3.8, 4) is 0 Å². The fourth-order valence-electron chi connectivity index (χ4n) is 5.12. The summed E-state index contributed by atoms with van der Waals surface area (Å²) in [6.07, 6.45) is 2.88. The lowest BCUT2D eigenvalue weighted by Gasteiger charge is -2.29. The number of carbonyl (C=O) groups is 2. The zero-order chi connectivity index (χ0) is 18.0. The van der Waals surface area contributed by atoms with E-state index in [1.54, 1.807) is 20.8 Å². The molecule has 3 rings (SSSR count). The fraction of sp³-hybridized carbons (Fsp3) is 0.800. The van der Waals surface area contributed by atoms with E-state index in [9.17, 15) is 19.8 Å². The van der Waals surface area contributed by atoms with Gasteiger partial charge in [0.05, 0.1) is 17.6 Å². The number of carbonyl (C=O) groups excluding carboxylic acids is 2. The van der Waals surface area contributed by atoms with Gasteiger partial charge in [-0.15, -0.1) is 0 Å². The molecule has 4 nitrogen and oxygen atoms in total. The Morgan fingerprint density at radius 1 is 1.21 bits per heavy atom. The maximum Gasteiger partial charge on any atom is 0.164 e. The molecule has 2 saturated carbocycles. The third-order valence-electron chi connectivity index (χ3n) is 7.04. The molecule has 3 aliphatic rings. The molecule has 0 aromatic heterocycles. The van der Waals surface area contributed by atoms with E-state index in [1.807, 2.05) is 6.08 Å². The zero-order valence-corrected chi connectivity index (χ0v) is 15.4. The first-order chi connectivity index (χ1) is 11.0. The van der Waals surface area contributed by atoms with E-state index in [0.717, 1.165) is 6.42 Å². The molecule has 0 aromatic carbocycles. The summed E-state index contributed by atoms with van der Waals surface area (Å²) in [6, 6.07) is 0. The second kappa shape index (κ2) is 5.50. The van der Waals surface area contributed by atoms with Crippen molar-refractivity contribution in [2.24, 2.45) is 35.0 Å². The third-order valence-corrected chi connectivity index (χ3v) is 7.04. The van der Waals surface area contributed by atoms with Gasteiger partial charge in [-0.2, -0.15) is 0 Å². The number of hydrogen-bond donors (Lipinski definition) is 2. The van der Waals surface area contributed by atoms with E-state index in [1.165, 1.54) is 0 Å². The van der Waals surface area contributed by atoms with Crippen LogP contribution >= 0.6 is 0 Å². The first-order valence-corrected chi connectivity index (χ1v) is 9.14. The summed E-state index contributed by atoms with van der Waals surface area (Å²) in [5, 5.41) is 21.3. The van der Waals surface area contributed by atoms with Crippen LogP contribution < -0.4 is 0 Å². The molecule has 3 aliphatic carbocycles. The first-order valence-electron chi connectivity index (χ1n) is 9.14. The Kier molecular flexibility index (Phi) is 4.08. The van der Waals surface area contributed by atoms with Crippen molar-refractivity contribution in [2.45, 2.75) is 65.6 Å². The van der Waals surface area contributed by atoms with Crippen molar-refractivity contribution in [1.82, 2.24) is 0 Å². The molecule has 2 fully saturated rings. The van der Waals surface area contributed by atoms with E-state index >= 15 is 0 Å². The van der Waals surface area contributed by atoms with Crippen molar-refractivity contribution in [3.05, 3.63) is 11.6 Å². The van der Waals surface area contributed by atoms with Gasteiger partial charge in [-0.1, -0.05) is 26.8 Å². The number of rotatable bonds is 0. The van der Waals surface area contributed by atoms with Crippen LogP contribution in [0.2, 0.25) is 0 Å². The van der Waals surface area contributed by atoms with Crippen LogP contribution in [0.3, 0.4) is 0 Å². The molecule has 0 saturated heterocycles. The van der Waals surface area contributed by atoms with E-state index < -0.39 is 29.5 Å². The quantitative estimate of drug-likeness (QED) is 0.714. The largest absolute Gasteiger partial charge is 0.392 e. The lowest BCUT2D eigenvalue weighted by molar-refractivity contribution is -0.130. The second-order valence-corrected chi connectivity index (χ2v) is 9.22. The highest BCUT2D eigenvalue weighted by Crippen LogP contribution is 2.62. The highest BCUT2D eigenvalue weighted by molar-refractivity contribution is 6.03. The minimum Gasteiger partial charge on any atom is -0.392 e. The topological polar surface area (TPSA) is 74.6 Å². The number of hydrogen-bond acceptors (Lipinski definition) is 4. The minimum atomic E-state index is -0.982. The lowest BCUT2D eigenvalue weighted by Crippen LogP contribution is -2.36. The van der Waals surface area contributed by atoms with Gasteiger partial charge in [0, 0.05) is 11.8 Å². The van der Waals surface area contributed by atoms with Crippen molar-refractivity contribution < 1.29 is 19.8 Å². The average Bonchev–Trinajstić information content (AvgIpc) is 2.93. The Bertz CT molecular complexity index is 601. The van der Waals surface area contributed by atoms with E-state index in [0.29, 0.717) is 23.8 Å². The predicted molar refractivity (Wildman–Crippen MR) is 91.2 cm³/mol. The van der Waals surface area contributed by atoms with E-state index in [4.69, 9.17) is 0 Å². The van der Waals surface area contributed by atoms with Gasteiger partial charge >= 0.3 is 0 Å². The summed E-state index contributed by atoms with van der Waals surface area (Å²) < 4.78 is 0. The number of aliphatic hydroxyl groups excluding tert-OH is 1. The lowest BCUT2D eigenvalue weighted by atomic mass is 9.79. The smallest absolute Gasteiger partial charge is 0.164 e. The van der Waals surface area contributed by atoms with Crippen LogP contribution in [0.1, 0.15) is 53.9 Å². The number of ketones is 2. The van der Waals surface area contributed by atoms with Gasteiger partial charge in [-0.05, 0) is 55.9 Å². The number of allylic oxidation sites excluding steroid dienone is 2. The Balaban J connectivity index is 2.00. The van der Waals surface area contributed by atoms with E-state index in [-0.39, 0.29) is 23.4 Å². The average molecular weight is 334 g/mol. The summed E-state index contributed by atoms with van der Waals surface area (Å²) in [4.78, 5) is 25.6. The SMILES string of the molecule is CC1=CC2C(CCC(C)(O)CC3C(=O)C(C)C(O)C3C1=O)C2(C)C. The van der Waals surface area contributed by atoms with Crippen molar-refractivity contribution in [2.75, 3.05) is 0 Å². The second-order valence-electron chi connectivity index (χ2n) is 9.22. The van der Waals surface area contributed by atoms with Crippen molar-refractivity contribution in [1.29, 1.82) is 0 Å². The van der Waals surface area contributed by atoms with Crippen LogP contribution in [0, 0.1) is 35.0 Å². The minimum absolute atomic E-state index is 0.0846. The molecule has 4 heteroatoms. The normalized spacial score (nSPS) is 48.2. The molecule has 0 heterocycles. The van der Waals surface area contributed by atoms with Gasteiger partial charge in [-0.3, -0.25) is 9.59 Å². The molecule has 0 amide bonds. The standard InChI is InChI=1S/C20H30O4/c1-10-8-14-13(19(14,3)4)6-7-20(5,24)9-12-15(16(10)21)18(23)11(2)17(12)22/h8,11-15,18,23-24H,6-7,9H2,1-5H3. The van der Waals surface area contributed by atoms with Crippen LogP contribution in [0.4, 0.5) is 0 Å². The Morgan fingerprint density at radius 2 is 1.83 bits per heavy atom. The number of aliphatic hydroxyl groups is 2. The van der Waals surface area contributed by atoms with Gasteiger partial charge < -0.3 is 10.2 Å². The van der Waals surface area contributed by atoms with Gasteiger partial charge in [0.15, 0.2) is 5.78 Å². The Hall–Kier alpha value is -1.00. The van der Waals surface area contributed by atoms with Gasteiger partial charge in [0.2, 0.25) is 0 Å². The maximum atomic E-state index is 13.0. The Morgan fingerprint density at radius 3 is 2.46 bits per heavy atom. The van der Waals surface area contributed by atoms with Crippen LogP contribution in [-0.2, 0) is 9.59 Å². The molecule has 0 spiro atoms. The summed E-state index contributed by atoms with van der Waals surface area (Å²) in [5.74, 6) is -1.25. The maximum absolute atomic E-state index is 13.0. The van der Waals surface area contributed by atoms with Crippen molar-refractivity contribution in [3.63, 3.8) is 0 Å². The van der Waals surface area contributed by atoms with Gasteiger partial charge in [-0.25, -0.2) is 0 Å². The molecule has 7 atom stereocenters. The fourth-order valence-corrected chi connectivity index (χ4v) is 5.12. The highest BCUT2D eigenvalue weighted by atomic mass is 16.3.